The SMILES string of the molecule is CC1=NOC(N2C(=O)c3ccc(C)cc3C2=O)C1. The van der Waals surface area contributed by atoms with Crippen LogP contribution in [0.15, 0.2) is 23.4 Å². The van der Waals surface area contributed by atoms with Gasteiger partial charge in [0.1, 0.15) is 0 Å². The van der Waals surface area contributed by atoms with Gasteiger partial charge in [0.05, 0.1) is 16.8 Å². The summed E-state index contributed by atoms with van der Waals surface area (Å²) < 4.78 is 0. The Labute approximate surface area is 104 Å². The summed E-state index contributed by atoms with van der Waals surface area (Å²) in [7, 11) is 0. The molecule has 2 aliphatic rings. The molecule has 0 saturated heterocycles. The van der Waals surface area contributed by atoms with Gasteiger partial charge in [-0.25, -0.2) is 4.90 Å². The van der Waals surface area contributed by atoms with Crippen LogP contribution < -0.4 is 0 Å². The molecule has 3 rings (SSSR count). The van der Waals surface area contributed by atoms with Gasteiger partial charge in [0.2, 0.25) is 6.23 Å². The third-order valence-electron chi connectivity index (χ3n) is 3.16. The zero-order valence-electron chi connectivity index (χ0n) is 10.1. The molecule has 0 N–H and O–H groups in total. The molecule has 5 heteroatoms. The largest absolute Gasteiger partial charge is 0.370 e. The molecule has 2 heterocycles. The topological polar surface area (TPSA) is 59.0 Å². The molecule has 1 aromatic rings. The van der Waals surface area contributed by atoms with Gasteiger partial charge in [0.15, 0.2) is 0 Å². The number of fused-ring (bicyclic) bond motifs is 1. The number of hydrogen-bond acceptors (Lipinski definition) is 4. The summed E-state index contributed by atoms with van der Waals surface area (Å²) in [6.45, 7) is 3.70. The molecular formula is C13H12N2O3. The first kappa shape index (κ1) is 11.0. The lowest BCUT2D eigenvalue weighted by Crippen LogP contribution is -2.39. The van der Waals surface area contributed by atoms with Crippen molar-refractivity contribution in [3.63, 3.8) is 0 Å². The summed E-state index contributed by atoms with van der Waals surface area (Å²) in [5, 5.41) is 3.78. The third kappa shape index (κ3) is 1.44. The lowest BCUT2D eigenvalue weighted by molar-refractivity contribution is -0.0143. The Morgan fingerprint density at radius 2 is 1.94 bits per heavy atom. The average molecular weight is 244 g/mol. The second-order valence-corrected chi connectivity index (χ2v) is 4.62. The Morgan fingerprint density at radius 1 is 1.22 bits per heavy atom. The minimum absolute atomic E-state index is 0.298. The van der Waals surface area contributed by atoms with Crippen LogP contribution in [0.3, 0.4) is 0 Å². The highest BCUT2D eigenvalue weighted by molar-refractivity contribution is 6.21. The van der Waals surface area contributed by atoms with E-state index in [9.17, 15) is 9.59 Å². The van der Waals surface area contributed by atoms with E-state index < -0.39 is 6.23 Å². The smallest absolute Gasteiger partial charge is 0.264 e. The molecular weight excluding hydrogens is 232 g/mol. The summed E-state index contributed by atoms with van der Waals surface area (Å²) in [5.41, 5.74) is 2.64. The Kier molecular flexibility index (Phi) is 2.23. The standard InChI is InChI=1S/C13H12N2O3/c1-7-3-4-9-10(5-7)13(17)15(12(9)16)11-6-8(2)14-18-11/h3-5,11H,6H2,1-2H3. The molecule has 5 nitrogen and oxygen atoms in total. The molecule has 0 radical (unpaired) electrons. The molecule has 2 aliphatic heterocycles. The number of benzene rings is 1. The van der Waals surface area contributed by atoms with Crippen LogP contribution >= 0.6 is 0 Å². The van der Waals surface area contributed by atoms with E-state index in [1.807, 2.05) is 19.9 Å². The summed E-state index contributed by atoms with van der Waals surface area (Å²) in [6, 6.07) is 5.25. The van der Waals surface area contributed by atoms with Gasteiger partial charge < -0.3 is 4.84 Å². The van der Waals surface area contributed by atoms with Crippen molar-refractivity contribution in [2.75, 3.05) is 0 Å². The van der Waals surface area contributed by atoms with Gasteiger partial charge >= 0.3 is 0 Å². The maximum atomic E-state index is 12.2. The zero-order valence-corrected chi connectivity index (χ0v) is 10.1. The van der Waals surface area contributed by atoms with Crippen molar-refractivity contribution in [3.05, 3.63) is 34.9 Å². The van der Waals surface area contributed by atoms with Crippen molar-refractivity contribution in [3.8, 4) is 0 Å². The van der Waals surface area contributed by atoms with Crippen LogP contribution in [0.4, 0.5) is 0 Å². The number of rotatable bonds is 1. The lowest BCUT2D eigenvalue weighted by atomic mass is 10.1. The molecule has 1 atom stereocenters. The summed E-state index contributed by atoms with van der Waals surface area (Å²) in [6.07, 6.45) is -0.123. The van der Waals surface area contributed by atoms with Crippen molar-refractivity contribution in [2.45, 2.75) is 26.5 Å². The second kappa shape index (κ2) is 3.66. The van der Waals surface area contributed by atoms with Gasteiger partial charge in [0, 0.05) is 6.42 Å². The monoisotopic (exact) mass is 244 g/mol. The Hall–Kier alpha value is -2.17. The van der Waals surface area contributed by atoms with Gasteiger partial charge in [0.25, 0.3) is 11.8 Å². The molecule has 0 saturated carbocycles. The van der Waals surface area contributed by atoms with E-state index in [0.717, 1.165) is 16.2 Å². The molecule has 0 spiro atoms. The maximum absolute atomic E-state index is 12.2. The first-order valence-corrected chi connectivity index (χ1v) is 5.76. The van der Waals surface area contributed by atoms with E-state index in [0.29, 0.717) is 17.5 Å². The molecule has 0 fully saturated rings. The number of amides is 2. The summed E-state index contributed by atoms with van der Waals surface area (Å²) in [4.78, 5) is 30.7. The van der Waals surface area contributed by atoms with Crippen LogP contribution in [0.1, 0.15) is 39.6 Å². The van der Waals surface area contributed by atoms with E-state index in [-0.39, 0.29) is 11.8 Å². The van der Waals surface area contributed by atoms with Crippen molar-refractivity contribution in [1.29, 1.82) is 0 Å². The molecule has 0 aliphatic carbocycles. The third-order valence-corrected chi connectivity index (χ3v) is 3.16. The Bertz CT molecular complexity index is 592. The van der Waals surface area contributed by atoms with Crippen LogP contribution in [0, 0.1) is 6.92 Å². The fraction of sp³-hybridized carbons (Fsp3) is 0.308. The van der Waals surface area contributed by atoms with E-state index in [4.69, 9.17) is 4.84 Å². The molecule has 18 heavy (non-hydrogen) atoms. The maximum Gasteiger partial charge on any atom is 0.264 e. The molecule has 1 aromatic carbocycles. The minimum atomic E-state index is -0.599. The lowest BCUT2D eigenvalue weighted by Gasteiger charge is -2.19. The molecule has 1 unspecified atom stereocenters. The summed E-state index contributed by atoms with van der Waals surface area (Å²) in [5.74, 6) is -0.599. The number of carbonyl (C=O) groups excluding carboxylic acids is 2. The van der Waals surface area contributed by atoms with Crippen LogP contribution in [-0.2, 0) is 4.84 Å². The summed E-state index contributed by atoms with van der Waals surface area (Å²) >= 11 is 0. The van der Waals surface area contributed by atoms with Gasteiger partial charge in [-0.05, 0) is 26.0 Å². The van der Waals surface area contributed by atoms with Crippen LogP contribution in [-0.4, -0.2) is 28.7 Å². The number of imide groups is 1. The average Bonchev–Trinajstić information content (AvgIpc) is 2.84. The van der Waals surface area contributed by atoms with Crippen molar-refractivity contribution in [1.82, 2.24) is 4.90 Å². The number of nitrogens with zero attached hydrogens (tertiary/aromatic N) is 2. The predicted molar refractivity (Wildman–Crippen MR) is 64.3 cm³/mol. The highest BCUT2D eigenvalue weighted by Gasteiger charge is 2.42. The number of hydrogen-bond donors (Lipinski definition) is 0. The van der Waals surface area contributed by atoms with Crippen LogP contribution in [0.2, 0.25) is 0 Å². The van der Waals surface area contributed by atoms with E-state index in [1.54, 1.807) is 12.1 Å². The predicted octanol–water partition coefficient (Wildman–Crippen LogP) is 1.71. The fourth-order valence-corrected chi connectivity index (χ4v) is 2.25. The van der Waals surface area contributed by atoms with E-state index >= 15 is 0 Å². The first-order chi connectivity index (χ1) is 8.58. The first-order valence-electron chi connectivity index (χ1n) is 5.76. The zero-order chi connectivity index (χ0) is 12.9. The number of aryl methyl sites for hydroxylation is 1. The van der Waals surface area contributed by atoms with Gasteiger partial charge in [-0.15, -0.1) is 0 Å². The number of oxime groups is 1. The molecule has 92 valence electrons. The van der Waals surface area contributed by atoms with Crippen LogP contribution in [0.25, 0.3) is 0 Å². The number of carbonyl (C=O) groups is 2. The highest BCUT2D eigenvalue weighted by atomic mass is 16.7. The van der Waals surface area contributed by atoms with Gasteiger partial charge in [-0.2, -0.15) is 0 Å². The van der Waals surface area contributed by atoms with Crippen molar-refractivity contribution >= 4 is 17.5 Å². The van der Waals surface area contributed by atoms with E-state index in [1.165, 1.54) is 0 Å². The molecule has 2 amide bonds. The minimum Gasteiger partial charge on any atom is -0.370 e. The van der Waals surface area contributed by atoms with Crippen molar-refractivity contribution in [2.24, 2.45) is 5.16 Å². The van der Waals surface area contributed by atoms with E-state index in [2.05, 4.69) is 5.16 Å². The highest BCUT2D eigenvalue weighted by Crippen LogP contribution is 2.28. The van der Waals surface area contributed by atoms with Crippen molar-refractivity contribution < 1.29 is 14.4 Å². The quantitative estimate of drug-likeness (QED) is 0.706. The molecule has 0 aromatic heterocycles. The van der Waals surface area contributed by atoms with Gasteiger partial charge in [-0.1, -0.05) is 16.8 Å². The van der Waals surface area contributed by atoms with Crippen LogP contribution in [0.5, 0.6) is 0 Å². The molecule has 0 bridgehead atoms. The Morgan fingerprint density at radius 3 is 2.61 bits per heavy atom. The normalized spacial score (nSPS) is 22.0. The second-order valence-electron chi connectivity index (χ2n) is 4.62. The Balaban J connectivity index is 1.97. The van der Waals surface area contributed by atoms with Gasteiger partial charge in [-0.3, -0.25) is 9.59 Å². The fourth-order valence-electron chi connectivity index (χ4n) is 2.25.